The van der Waals surface area contributed by atoms with Crippen LogP contribution in [0.25, 0.3) is 0 Å². The van der Waals surface area contributed by atoms with Crippen molar-refractivity contribution >= 4 is 5.91 Å². The van der Waals surface area contributed by atoms with E-state index in [1.165, 1.54) is 0 Å². The molecule has 0 saturated carbocycles. The normalized spacial score (nSPS) is 12.0. The van der Waals surface area contributed by atoms with Crippen molar-refractivity contribution in [3.8, 4) is 5.75 Å². The van der Waals surface area contributed by atoms with Gasteiger partial charge in [0.1, 0.15) is 5.75 Å². The van der Waals surface area contributed by atoms with Crippen molar-refractivity contribution < 1.29 is 9.53 Å². The lowest BCUT2D eigenvalue weighted by molar-refractivity contribution is -0.129. The Hall–Kier alpha value is -1.55. The standard InChI is InChI=1S/C15H24N2O2/c1-5-16-12(2)13-8-6-7-9-14(13)19-11-10-15(18)17(3)4/h6-9,12,16H,5,10-11H2,1-4H3. The van der Waals surface area contributed by atoms with Crippen molar-refractivity contribution in [1.29, 1.82) is 0 Å². The van der Waals surface area contributed by atoms with Crippen LogP contribution in [0.1, 0.15) is 31.9 Å². The van der Waals surface area contributed by atoms with Crippen LogP contribution >= 0.6 is 0 Å². The summed E-state index contributed by atoms with van der Waals surface area (Å²) < 4.78 is 5.74. The molecule has 1 N–H and O–H groups in total. The quantitative estimate of drug-likeness (QED) is 0.821. The van der Waals surface area contributed by atoms with Crippen LogP contribution in [0.3, 0.4) is 0 Å². The van der Waals surface area contributed by atoms with Crippen LogP contribution < -0.4 is 10.1 Å². The number of nitrogens with zero attached hydrogens (tertiary/aromatic N) is 1. The van der Waals surface area contributed by atoms with Gasteiger partial charge in [-0.05, 0) is 19.5 Å². The van der Waals surface area contributed by atoms with E-state index in [1.54, 1.807) is 19.0 Å². The van der Waals surface area contributed by atoms with E-state index in [1.807, 2.05) is 18.2 Å². The monoisotopic (exact) mass is 264 g/mol. The molecule has 0 aliphatic heterocycles. The predicted molar refractivity (Wildman–Crippen MR) is 77.3 cm³/mol. The van der Waals surface area contributed by atoms with Gasteiger partial charge in [-0.2, -0.15) is 0 Å². The van der Waals surface area contributed by atoms with Gasteiger partial charge in [-0.1, -0.05) is 25.1 Å². The summed E-state index contributed by atoms with van der Waals surface area (Å²) in [6.45, 7) is 5.51. The Bertz CT molecular complexity index is 405. The van der Waals surface area contributed by atoms with Crippen LogP contribution in [-0.4, -0.2) is 38.1 Å². The second kappa shape index (κ2) is 7.79. The number of carbonyl (C=O) groups is 1. The zero-order valence-electron chi connectivity index (χ0n) is 12.3. The molecule has 0 aliphatic rings. The number of amides is 1. The van der Waals surface area contributed by atoms with Crippen molar-refractivity contribution in [2.75, 3.05) is 27.2 Å². The fourth-order valence-electron chi connectivity index (χ4n) is 1.86. The molecule has 0 saturated heterocycles. The Morgan fingerprint density at radius 1 is 1.37 bits per heavy atom. The van der Waals surface area contributed by atoms with Crippen molar-refractivity contribution in [2.45, 2.75) is 26.3 Å². The van der Waals surface area contributed by atoms with Crippen molar-refractivity contribution in [1.82, 2.24) is 10.2 Å². The molecule has 1 atom stereocenters. The fourth-order valence-corrected chi connectivity index (χ4v) is 1.86. The first-order valence-electron chi connectivity index (χ1n) is 6.71. The molecule has 1 aromatic rings. The van der Waals surface area contributed by atoms with Crippen molar-refractivity contribution in [2.24, 2.45) is 0 Å². The number of para-hydroxylation sites is 1. The highest BCUT2D eigenvalue weighted by Gasteiger charge is 2.11. The number of carbonyl (C=O) groups excluding carboxylic acids is 1. The van der Waals surface area contributed by atoms with E-state index in [-0.39, 0.29) is 11.9 Å². The fraction of sp³-hybridized carbons (Fsp3) is 0.533. The highest BCUT2D eigenvalue weighted by molar-refractivity contribution is 5.75. The molecule has 1 aromatic carbocycles. The van der Waals surface area contributed by atoms with Gasteiger partial charge in [0.2, 0.25) is 5.91 Å². The number of benzene rings is 1. The number of nitrogens with one attached hydrogen (secondary N) is 1. The predicted octanol–water partition coefficient (Wildman–Crippen LogP) is 2.21. The van der Waals surface area contributed by atoms with E-state index in [2.05, 4.69) is 25.2 Å². The van der Waals surface area contributed by atoms with Crippen LogP contribution in [0.2, 0.25) is 0 Å². The molecular formula is C15H24N2O2. The zero-order valence-corrected chi connectivity index (χ0v) is 12.3. The summed E-state index contributed by atoms with van der Waals surface area (Å²) in [5.74, 6) is 0.930. The van der Waals surface area contributed by atoms with Gasteiger partial charge in [-0.25, -0.2) is 0 Å². The lowest BCUT2D eigenvalue weighted by Gasteiger charge is -2.18. The first kappa shape index (κ1) is 15.5. The average Bonchev–Trinajstić information content (AvgIpc) is 2.39. The van der Waals surface area contributed by atoms with Crippen LogP contribution in [0.5, 0.6) is 5.75 Å². The molecule has 0 aliphatic carbocycles. The topological polar surface area (TPSA) is 41.6 Å². The first-order chi connectivity index (χ1) is 9.06. The van der Waals surface area contributed by atoms with E-state index in [0.717, 1.165) is 17.9 Å². The second-order valence-electron chi connectivity index (χ2n) is 4.70. The third-order valence-electron chi connectivity index (χ3n) is 2.97. The molecule has 0 bridgehead atoms. The molecule has 0 heterocycles. The number of hydrogen-bond acceptors (Lipinski definition) is 3. The molecule has 0 radical (unpaired) electrons. The third-order valence-corrected chi connectivity index (χ3v) is 2.97. The largest absolute Gasteiger partial charge is 0.493 e. The van der Waals surface area contributed by atoms with E-state index in [9.17, 15) is 4.79 Å². The van der Waals surface area contributed by atoms with Gasteiger partial charge in [0, 0.05) is 25.7 Å². The van der Waals surface area contributed by atoms with Gasteiger partial charge in [0.05, 0.1) is 13.0 Å². The molecule has 1 amide bonds. The SMILES string of the molecule is CCNC(C)c1ccccc1OCCC(=O)N(C)C. The van der Waals surface area contributed by atoms with Crippen LogP contribution in [0.4, 0.5) is 0 Å². The van der Waals surface area contributed by atoms with Gasteiger partial charge >= 0.3 is 0 Å². The molecule has 4 nitrogen and oxygen atoms in total. The summed E-state index contributed by atoms with van der Waals surface area (Å²) in [4.78, 5) is 13.1. The van der Waals surface area contributed by atoms with Crippen LogP contribution in [0, 0.1) is 0 Å². The Labute approximate surface area is 115 Å². The van der Waals surface area contributed by atoms with Crippen molar-refractivity contribution in [3.05, 3.63) is 29.8 Å². The van der Waals surface area contributed by atoms with Gasteiger partial charge < -0.3 is 15.0 Å². The average molecular weight is 264 g/mol. The van der Waals surface area contributed by atoms with Crippen LogP contribution in [0.15, 0.2) is 24.3 Å². The third kappa shape index (κ3) is 4.91. The molecule has 106 valence electrons. The van der Waals surface area contributed by atoms with E-state index >= 15 is 0 Å². The van der Waals surface area contributed by atoms with Gasteiger partial charge in [-0.3, -0.25) is 4.79 Å². The van der Waals surface area contributed by atoms with E-state index < -0.39 is 0 Å². The number of hydrogen-bond donors (Lipinski definition) is 1. The summed E-state index contributed by atoms with van der Waals surface area (Å²) in [6, 6.07) is 8.19. The minimum absolute atomic E-state index is 0.0808. The molecule has 1 unspecified atom stereocenters. The highest BCUT2D eigenvalue weighted by Crippen LogP contribution is 2.24. The van der Waals surface area contributed by atoms with Gasteiger partial charge in [0.15, 0.2) is 0 Å². The maximum atomic E-state index is 11.5. The van der Waals surface area contributed by atoms with E-state index in [0.29, 0.717) is 13.0 Å². The minimum Gasteiger partial charge on any atom is -0.493 e. The summed E-state index contributed by atoms with van der Waals surface area (Å²) >= 11 is 0. The first-order valence-corrected chi connectivity index (χ1v) is 6.71. The highest BCUT2D eigenvalue weighted by atomic mass is 16.5. The lowest BCUT2D eigenvalue weighted by atomic mass is 10.1. The van der Waals surface area contributed by atoms with Crippen molar-refractivity contribution in [3.63, 3.8) is 0 Å². The van der Waals surface area contributed by atoms with Gasteiger partial charge in [-0.15, -0.1) is 0 Å². The zero-order chi connectivity index (χ0) is 14.3. The Kier molecular flexibility index (Phi) is 6.36. The molecule has 1 rings (SSSR count). The molecular weight excluding hydrogens is 240 g/mol. The minimum atomic E-state index is 0.0808. The summed E-state index contributed by atoms with van der Waals surface area (Å²) in [5, 5.41) is 3.36. The Morgan fingerprint density at radius 3 is 2.68 bits per heavy atom. The molecule has 0 fully saturated rings. The van der Waals surface area contributed by atoms with Gasteiger partial charge in [0.25, 0.3) is 0 Å². The summed E-state index contributed by atoms with van der Waals surface area (Å²) in [6.07, 6.45) is 0.400. The van der Waals surface area contributed by atoms with E-state index in [4.69, 9.17) is 4.74 Å². The second-order valence-corrected chi connectivity index (χ2v) is 4.70. The lowest BCUT2D eigenvalue weighted by Crippen LogP contribution is -2.23. The maximum absolute atomic E-state index is 11.5. The summed E-state index contributed by atoms with van der Waals surface area (Å²) in [5.41, 5.74) is 1.13. The molecule has 19 heavy (non-hydrogen) atoms. The Balaban J connectivity index is 2.60. The molecule has 4 heteroatoms. The Morgan fingerprint density at radius 2 is 2.05 bits per heavy atom. The molecule has 0 spiro atoms. The smallest absolute Gasteiger partial charge is 0.225 e. The summed E-state index contributed by atoms with van der Waals surface area (Å²) in [7, 11) is 3.51. The number of ether oxygens (including phenoxy) is 1. The van der Waals surface area contributed by atoms with Crippen LogP contribution in [-0.2, 0) is 4.79 Å². The molecule has 0 aromatic heterocycles. The maximum Gasteiger partial charge on any atom is 0.225 e. The number of rotatable bonds is 7.